The predicted molar refractivity (Wildman–Crippen MR) is 109 cm³/mol. The van der Waals surface area contributed by atoms with Crippen molar-refractivity contribution in [2.75, 3.05) is 19.7 Å². The van der Waals surface area contributed by atoms with Crippen LogP contribution >= 0.6 is 11.3 Å². The monoisotopic (exact) mass is 472 g/mol. The molecule has 1 atom stereocenters. The number of alkyl halides is 3. The van der Waals surface area contributed by atoms with Crippen LogP contribution in [0, 0.1) is 0 Å². The molecule has 1 spiro atoms. The minimum absolute atomic E-state index is 0.112. The molecule has 11 heteroatoms. The first-order chi connectivity index (χ1) is 15.2. The van der Waals surface area contributed by atoms with Crippen LogP contribution in [-0.4, -0.2) is 64.4 Å². The summed E-state index contributed by atoms with van der Waals surface area (Å²) in [5, 5.41) is 11.0. The maximum Gasteiger partial charge on any atom is 0.490 e. The van der Waals surface area contributed by atoms with Crippen molar-refractivity contribution in [1.82, 2.24) is 9.88 Å². The number of aromatic nitrogens is 1. The fourth-order valence-corrected chi connectivity index (χ4v) is 4.26. The lowest BCUT2D eigenvalue weighted by Gasteiger charge is -2.38. The van der Waals surface area contributed by atoms with Crippen LogP contribution in [0.2, 0.25) is 0 Å². The Bertz CT molecular complexity index is 885. The smallest absolute Gasteiger partial charge is 0.475 e. The number of hydrogen-bond acceptors (Lipinski definition) is 6. The first-order valence-corrected chi connectivity index (χ1v) is 10.9. The number of rotatable bonds is 4. The van der Waals surface area contributed by atoms with E-state index in [-0.39, 0.29) is 17.6 Å². The molecule has 2 saturated heterocycles. The zero-order valence-electron chi connectivity index (χ0n) is 17.1. The van der Waals surface area contributed by atoms with E-state index in [9.17, 15) is 18.0 Å². The Labute approximate surface area is 186 Å². The first kappa shape index (κ1) is 24.1. The largest absolute Gasteiger partial charge is 0.490 e. The lowest BCUT2D eigenvalue weighted by Crippen LogP contribution is -2.46. The number of ether oxygens (including phenoxy) is 2. The van der Waals surface area contributed by atoms with Gasteiger partial charge in [-0.3, -0.25) is 9.78 Å². The summed E-state index contributed by atoms with van der Waals surface area (Å²) in [5.74, 6) is -2.62. The average Bonchev–Trinajstić information content (AvgIpc) is 3.44. The van der Waals surface area contributed by atoms with Crippen LogP contribution in [0.1, 0.15) is 35.3 Å². The Balaban J connectivity index is 0.000000360. The number of carboxylic acids is 1. The van der Waals surface area contributed by atoms with E-state index >= 15 is 0 Å². The summed E-state index contributed by atoms with van der Waals surface area (Å²) < 4.78 is 43.8. The van der Waals surface area contributed by atoms with Gasteiger partial charge in [-0.2, -0.15) is 24.5 Å². The highest BCUT2D eigenvalue weighted by Gasteiger charge is 2.44. The highest BCUT2D eigenvalue weighted by Crippen LogP contribution is 2.37. The highest BCUT2D eigenvalue weighted by molar-refractivity contribution is 7.08. The molecule has 2 fully saturated rings. The Morgan fingerprint density at radius 3 is 2.56 bits per heavy atom. The van der Waals surface area contributed by atoms with Gasteiger partial charge in [0.2, 0.25) is 0 Å². The second-order valence-corrected chi connectivity index (χ2v) is 8.34. The second-order valence-electron chi connectivity index (χ2n) is 7.56. The standard InChI is InChI=1S/C19H22N2O3S.C2HF3O2/c22-18(15-4-10-25-14-15)21-8-5-19(6-9-21)11-17(13-24-19)23-12-16-3-1-2-7-20-16;3-2(4,5)1(6)7/h1-4,7,10,14,17H,5-6,8-9,11-13H2;(H,6,7). The molecule has 7 nitrogen and oxygen atoms in total. The van der Waals surface area contributed by atoms with Crippen molar-refractivity contribution in [3.8, 4) is 0 Å². The van der Waals surface area contributed by atoms with E-state index in [0.29, 0.717) is 13.2 Å². The molecule has 4 heterocycles. The fourth-order valence-electron chi connectivity index (χ4n) is 3.63. The van der Waals surface area contributed by atoms with Gasteiger partial charge in [-0.25, -0.2) is 4.79 Å². The summed E-state index contributed by atoms with van der Waals surface area (Å²) in [4.78, 5) is 27.6. The van der Waals surface area contributed by atoms with Crippen LogP contribution in [0.4, 0.5) is 13.2 Å². The molecule has 0 bridgehead atoms. The van der Waals surface area contributed by atoms with Gasteiger partial charge in [0.25, 0.3) is 5.91 Å². The number of carboxylic acid groups (broad SMARTS) is 1. The number of halogens is 3. The Kier molecular flexibility index (Phi) is 7.86. The van der Waals surface area contributed by atoms with Crippen molar-refractivity contribution in [3.63, 3.8) is 0 Å². The molecular formula is C21H23F3N2O5S. The van der Waals surface area contributed by atoms with Crippen LogP contribution in [0.15, 0.2) is 41.2 Å². The van der Waals surface area contributed by atoms with Crippen molar-refractivity contribution >= 4 is 23.2 Å². The van der Waals surface area contributed by atoms with Gasteiger partial charge in [0.05, 0.1) is 36.2 Å². The number of hydrogen-bond donors (Lipinski definition) is 1. The Hall–Kier alpha value is -2.50. The molecule has 32 heavy (non-hydrogen) atoms. The van der Waals surface area contributed by atoms with Gasteiger partial charge in [-0.05, 0) is 36.4 Å². The normalized spacial score (nSPS) is 20.0. The summed E-state index contributed by atoms with van der Waals surface area (Å²) in [6.45, 7) is 2.66. The van der Waals surface area contributed by atoms with Gasteiger partial charge in [-0.1, -0.05) is 6.07 Å². The van der Waals surface area contributed by atoms with Crippen molar-refractivity contribution in [2.24, 2.45) is 0 Å². The average molecular weight is 472 g/mol. The SMILES string of the molecule is O=C(O)C(F)(F)F.O=C(c1ccsc1)N1CCC2(CC1)CC(OCc1ccccn1)CO2. The summed E-state index contributed by atoms with van der Waals surface area (Å²) in [6, 6.07) is 7.74. The van der Waals surface area contributed by atoms with E-state index in [1.165, 1.54) is 0 Å². The molecule has 2 aliphatic rings. The van der Waals surface area contributed by atoms with Crippen LogP contribution in [0.5, 0.6) is 0 Å². The number of thiophene rings is 1. The molecule has 2 aromatic heterocycles. The number of amides is 1. The molecule has 1 amide bonds. The molecule has 0 aliphatic carbocycles. The zero-order chi connectivity index (χ0) is 23.2. The first-order valence-electron chi connectivity index (χ1n) is 9.96. The van der Waals surface area contributed by atoms with Crippen molar-refractivity contribution in [1.29, 1.82) is 0 Å². The zero-order valence-corrected chi connectivity index (χ0v) is 17.9. The Morgan fingerprint density at radius 2 is 2.00 bits per heavy atom. The van der Waals surface area contributed by atoms with Crippen LogP contribution in [-0.2, 0) is 20.9 Å². The molecule has 1 N–H and O–H groups in total. The third-order valence-electron chi connectivity index (χ3n) is 5.34. The van der Waals surface area contributed by atoms with E-state index < -0.39 is 12.1 Å². The van der Waals surface area contributed by atoms with Crippen molar-refractivity contribution < 1.29 is 37.3 Å². The number of carbonyl (C=O) groups excluding carboxylic acids is 1. The number of carbonyl (C=O) groups is 2. The van der Waals surface area contributed by atoms with Crippen LogP contribution in [0.3, 0.4) is 0 Å². The lowest BCUT2D eigenvalue weighted by molar-refractivity contribution is -0.192. The van der Waals surface area contributed by atoms with E-state index in [4.69, 9.17) is 19.4 Å². The predicted octanol–water partition coefficient (Wildman–Crippen LogP) is 3.76. The molecule has 4 rings (SSSR count). The highest BCUT2D eigenvalue weighted by atomic mass is 32.1. The number of pyridine rings is 1. The topological polar surface area (TPSA) is 89.0 Å². The molecule has 2 aromatic rings. The molecule has 0 saturated carbocycles. The van der Waals surface area contributed by atoms with Crippen LogP contribution in [0.25, 0.3) is 0 Å². The van der Waals surface area contributed by atoms with E-state index in [1.807, 2.05) is 39.9 Å². The summed E-state index contributed by atoms with van der Waals surface area (Å²) in [7, 11) is 0. The number of aliphatic carboxylic acids is 1. The lowest BCUT2D eigenvalue weighted by atomic mass is 9.88. The van der Waals surface area contributed by atoms with E-state index in [0.717, 1.165) is 43.6 Å². The maximum atomic E-state index is 12.4. The third kappa shape index (κ3) is 6.50. The van der Waals surface area contributed by atoms with Crippen molar-refractivity contribution in [2.45, 2.75) is 43.8 Å². The van der Waals surface area contributed by atoms with E-state index in [1.54, 1.807) is 17.5 Å². The molecule has 0 radical (unpaired) electrons. The van der Waals surface area contributed by atoms with Gasteiger partial charge in [0.15, 0.2) is 0 Å². The molecule has 1 unspecified atom stereocenters. The molecule has 2 aliphatic heterocycles. The van der Waals surface area contributed by atoms with Gasteiger partial charge in [0.1, 0.15) is 0 Å². The van der Waals surface area contributed by atoms with Gasteiger partial charge < -0.3 is 19.5 Å². The summed E-state index contributed by atoms with van der Waals surface area (Å²) >= 11 is 1.56. The molecule has 174 valence electrons. The number of nitrogens with zero attached hydrogens (tertiary/aromatic N) is 2. The van der Waals surface area contributed by atoms with Gasteiger partial charge in [-0.15, -0.1) is 0 Å². The van der Waals surface area contributed by atoms with E-state index in [2.05, 4.69) is 4.98 Å². The quantitative estimate of drug-likeness (QED) is 0.729. The summed E-state index contributed by atoms with van der Waals surface area (Å²) in [5.41, 5.74) is 1.62. The number of piperidine rings is 1. The summed E-state index contributed by atoms with van der Waals surface area (Å²) in [6.07, 6.45) is -0.522. The third-order valence-corrected chi connectivity index (χ3v) is 6.02. The minimum Gasteiger partial charge on any atom is -0.475 e. The fraction of sp³-hybridized carbons (Fsp3) is 0.476. The minimum atomic E-state index is -5.08. The number of likely N-dealkylation sites (tertiary alicyclic amines) is 1. The van der Waals surface area contributed by atoms with Gasteiger partial charge in [0, 0.05) is 31.1 Å². The molecular weight excluding hydrogens is 449 g/mol. The second kappa shape index (κ2) is 10.4. The van der Waals surface area contributed by atoms with Crippen molar-refractivity contribution in [3.05, 3.63) is 52.5 Å². The Morgan fingerprint density at radius 1 is 1.28 bits per heavy atom. The van der Waals surface area contributed by atoms with Crippen LogP contribution < -0.4 is 0 Å². The maximum absolute atomic E-state index is 12.4. The molecule has 0 aromatic carbocycles. The van der Waals surface area contributed by atoms with Gasteiger partial charge >= 0.3 is 12.1 Å².